The normalized spacial score (nSPS) is 42.8. The van der Waals surface area contributed by atoms with Crippen LogP contribution in [0.3, 0.4) is 0 Å². The molecule has 0 amide bonds. The third-order valence-corrected chi connectivity index (χ3v) is 5.72. The molecule has 0 heterocycles. The molecule has 4 saturated carbocycles. The van der Waals surface area contributed by atoms with Crippen molar-refractivity contribution in [2.45, 2.75) is 45.4 Å². The van der Waals surface area contributed by atoms with Crippen LogP contribution in [-0.4, -0.2) is 16.9 Å². The minimum absolute atomic E-state index is 0.170. The van der Waals surface area contributed by atoms with Crippen LogP contribution in [0.1, 0.15) is 45.4 Å². The van der Waals surface area contributed by atoms with Crippen LogP contribution in [0.25, 0.3) is 0 Å². The Kier molecular flexibility index (Phi) is 2.95. The molecule has 0 radical (unpaired) electrons. The zero-order chi connectivity index (χ0) is 12.9. The topological polar surface area (TPSA) is 54.4 Å². The minimum Gasteiger partial charge on any atom is -0.481 e. The Labute approximate surface area is 108 Å². The molecule has 1 atom stereocenters. The number of carboxylic acids is 1. The van der Waals surface area contributed by atoms with Gasteiger partial charge in [-0.3, -0.25) is 9.59 Å². The zero-order valence-corrected chi connectivity index (χ0v) is 11.0. The average molecular weight is 250 g/mol. The summed E-state index contributed by atoms with van der Waals surface area (Å²) in [6, 6.07) is 0. The van der Waals surface area contributed by atoms with Crippen LogP contribution in [-0.2, 0) is 9.59 Å². The smallest absolute Gasteiger partial charge is 0.314 e. The number of aliphatic carboxylic acids is 1. The highest BCUT2D eigenvalue weighted by Crippen LogP contribution is 2.57. The molecule has 1 unspecified atom stereocenters. The Bertz CT molecular complexity index is 332. The van der Waals surface area contributed by atoms with E-state index in [0.29, 0.717) is 24.2 Å². The monoisotopic (exact) mass is 250 g/mol. The first-order valence-corrected chi connectivity index (χ1v) is 7.27. The van der Waals surface area contributed by atoms with E-state index >= 15 is 0 Å². The number of hydrogen-bond acceptors (Lipinski definition) is 2. The second-order valence-electron chi connectivity index (χ2n) is 6.83. The van der Waals surface area contributed by atoms with Crippen LogP contribution >= 0.6 is 0 Å². The van der Waals surface area contributed by atoms with E-state index in [1.54, 1.807) is 0 Å². The van der Waals surface area contributed by atoms with Gasteiger partial charge in [-0.25, -0.2) is 0 Å². The molecule has 4 fully saturated rings. The Morgan fingerprint density at radius 3 is 1.94 bits per heavy atom. The van der Waals surface area contributed by atoms with Crippen LogP contribution in [0, 0.1) is 35.5 Å². The quantitative estimate of drug-likeness (QED) is 0.780. The van der Waals surface area contributed by atoms with Gasteiger partial charge in [-0.2, -0.15) is 0 Å². The predicted molar refractivity (Wildman–Crippen MR) is 67.0 cm³/mol. The van der Waals surface area contributed by atoms with Crippen molar-refractivity contribution in [3.8, 4) is 0 Å². The Morgan fingerprint density at radius 2 is 1.56 bits per heavy atom. The molecule has 0 aliphatic heterocycles. The van der Waals surface area contributed by atoms with Gasteiger partial charge in [0.05, 0.1) is 0 Å². The number of carboxylic acid groups (broad SMARTS) is 1. The van der Waals surface area contributed by atoms with Gasteiger partial charge in [0, 0.05) is 0 Å². The standard InChI is InChI=1S/C15H22O3/c1-8(16)13(15(17)18)7-14-11-3-9-2-10(5-11)6-12(14)4-9/h9-14H,2-7H2,1H3,(H,17,18). The van der Waals surface area contributed by atoms with E-state index in [1.807, 2.05) is 0 Å². The van der Waals surface area contributed by atoms with Crippen LogP contribution in [0.15, 0.2) is 0 Å². The van der Waals surface area contributed by atoms with E-state index in [4.69, 9.17) is 0 Å². The molecule has 3 nitrogen and oxygen atoms in total. The predicted octanol–water partition coefficient (Wildman–Crippen LogP) is 2.74. The number of Topliss-reactive ketones (excluding diaryl/α,β-unsaturated/α-hetero) is 1. The summed E-state index contributed by atoms with van der Waals surface area (Å²) in [6.45, 7) is 1.43. The maximum atomic E-state index is 11.5. The molecule has 1 N–H and O–H groups in total. The largest absolute Gasteiger partial charge is 0.481 e. The van der Waals surface area contributed by atoms with Crippen molar-refractivity contribution in [3.63, 3.8) is 0 Å². The lowest BCUT2D eigenvalue weighted by molar-refractivity contribution is -0.148. The van der Waals surface area contributed by atoms with Gasteiger partial charge >= 0.3 is 5.97 Å². The molecule has 3 heteroatoms. The van der Waals surface area contributed by atoms with Gasteiger partial charge in [0.2, 0.25) is 0 Å². The fourth-order valence-electron chi connectivity index (χ4n) is 5.14. The van der Waals surface area contributed by atoms with Gasteiger partial charge in [0.1, 0.15) is 11.7 Å². The summed E-state index contributed by atoms with van der Waals surface area (Å²) >= 11 is 0. The van der Waals surface area contributed by atoms with Crippen molar-refractivity contribution in [2.24, 2.45) is 35.5 Å². The van der Waals surface area contributed by atoms with Crippen LogP contribution in [0.5, 0.6) is 0 Å². The van der Waals surface area contributed by atoms with Gasteiger partial charge in [0.15, 0.2) is 0 Å². The number of carbonyl (C=O) groups is 2. The number of hydrogen-bond donors (Lipinski definition) is 1. The number of carbonyl (C=O) groups excluding carboxylic acids is 1. The van der Waals surface area contributed by atoms with Gasteiger partial charge in [-0.15, -0.1) is 0 Å². The molecule has 0 aromatic rings. The summed E-state index contributed by atoms with van der Waals surface area (Å²) in [6.07, 6.45) is 7.18. The Balaban J connectivity index is 1.73. The lowest BCUT2D eigenvalue weighted by Gasteiger charge is -2.55. The lowest BCUT2D eigenvalue weighted by atomic mass is 9.50. The summed E-state index contributed by atoms with van der Waals surface area (Å²) in [7, 11) is 0. The molecular formula is C15H22O3. The van der Waals surface area contributed by atoms with E-state index in [-0.39, 0.29) is 5.78 Å². The summed E-state index contributed by atoms with van der Waals surface area (Å²) in [5, 5.41) is 9.18. The SMILES string of the molecule is CC(=O)C(CC1C2CC3CC(C2)CC1C3)C(=O)O. The summed E-state index contributed by atoms with van der Waals surface area (Å²) in [5.41, 5.74) is 0. The molecule has 4 rings (SSSR count). The van der Waals surface area contributed by atoms with E-state index < -0.39 is 11.9 Å². The molecule has 0 aromatic carbocycles. The molecule has 18 heavy (non-hydrogen) atoms. The maximum Gasteiger partial charge on any atom is 0.314 e. The van der Waals surface area contributed by atoms with Crippen molar-refractivity contribution in [2.75, 3.05) is 0 Å². The third-order valence-electron chi connectivity index (χ3n) is 5.72. The highest BCUT2D eigenvalue weighted by atomic mass is 16.4. The second kappa shape index (κ2) is 4.36. The van der Waals surface area contributed by atoms with Crippen LogP contribution in [0.2, 0.25) is 0 Å². The van der Waals surface area contributed by atoms with Crippen molar-refractivity contribution >= 4 is 11.8 Å². The highest BCUT2D eigenvalue weighted by molar-refractivity contribution is 5.96. The number of ketones is 1. The molecule has 4 aliphatic carbocycles. The van der Waals surface area contributed by atoms with E-state index in [1.165, 1.54) is 39.0 Å². The van der Waals surface area contributed by atoms with Crippen molar-refractivity contribution < 1.29 is 14.7 Å². The first-order valence-electron chi connectivity index (χ1n) is 7.27. The Morgan fingerprint density at radius 1 is 1.06 bits per heavy atom. The van der Waals surface area contributed by atoms with Crippen molar-refractivity contribution in [3.05, 3.63) is 0 Å². The van der Waals surface area contributed by atoms with E-state index in [9.17, 15) is 14.7 Å². The summed E-state index contributed by atoms with van der Waals surface area (Å²) < 4.78 is 0. The zero-order valence-electron chi connectivity index (χ0n) is 11.0. The molecule has 4 bridgehead atoms. The van der Waals surface area contributed by atoms with Gasteiger partial charge in [-0.1, -0.05) is 0 Å². The maximum absolute atomic E-state index is 11.5. The second-order valence-corrected chi connectivity index (χ2v) is 6.83. The molecule has 0 spiro atoms. The number of rotatable bonds is 4. The molecule has 100 valence electrons. The first-order chi connectivity index (χ1) is 8.54. The lowest BCUT2D eigenvalue weighted by Crippen LogP contribution is -2.46. The van der Waals surface area contributed by atoms with Gasteiger partial charge in [0.25, 0.3) is 0 Å². The first kappa shape index (κ1) is 12.2. The van der Waals surface area contributed by atoms with Gasteiger partial charge < -0.3 is 5.11 Å². The van der Waals surface area contributed by atoms with Gasteiger partial charge in [-0.05, 0) is 75.0 Å². The van der Waals surface area contributed by atoms with E-state index in [2.05, 4.69) is 0 Å². The fourth-order valence-corrected chi connectivity index (χ4v) is 5.14. The fraction of sp³-hybridized carbons (Fsp3) is 0.867. The average Bonchev–Trinajstić information content (AvgIpc) is 2.25. The van der Waals surface area contributed by atoms with E-state index in [0.717, 1.165) is 11.8 Å². The van der Waals surface area contributed by atoms with Crippen molar-refractivity contribution in [1.29, 1.82) is 0 Å². The Hall–Kier alpha value is -0.860. The van der Waals surface area contributed by atoms with Crippen LogP contribution in [0.4, 0.5) is 0 Å². The summed E-state index contributed by atoms with van der Waals surface area (Å²) in [4.78, 5) is 22.7. The summed E-state index contributed by atoms with van der Waals surface area (Å²) in [5.74, 6) is 1.89. The van der Waals surface area contributed by atoms with Crippen molar-refractivity contribution in [1.82, 2.24) is 0 Å². The van der Waals surface area contributed by atoms with Crippen LogP contribution < -0.4 is 0 Å². The molecule has 0 aromatic heterocycles. The molecule has 0 saturated heterocycles. The molecular weight excluding hydrogens is 228 g/mol. The molecule has 4 aliphatic rings. The third kappa shape index (κ3) is 1.98. The highest BCUT2D eigenvalue weighted by Gasteiger charge is 2.49. The minimum atomic E-state index is -0.920.